The Morgan fingerprint density at radius 1 is 1.26 bits per heavy atom. The van der Waals surface area contributed by atoms with Crippen molar-refractivity contribution >= 4 is 5.91 Å². The van der Waals surface area contributed by atoms with E-state index in [1.165, 1.54) is 0 Å². The van der Waals surface area contributed by atoms with Crippen LogP contribution in [-0.2, 0) is 17.8 Å². The topological polar surface area (TPSA) is 63.1 Å². The van der Waals surface area contributed by atoms with Crippen molar-refractivity contribution in [3.05, 3.63) is 11.6 Å². The van der Waals surface area contributed by atoms with E-state index in [1.54, 1.807) is 0 Å². The molecule has 2 aliphatic heterocycles. The molecule has 2 aliphatic rings. The molecule has 3 heterocycles. The summed E-state index contributed by atoms with van der Waals surface area (Å²) in [6, 6.07) is 0.221. The third kappa shape index (κ3) is 3.91. The lowest BCUT2D eigenvalue weighted by atomic mass is 9.94. The number of nitrogens with one attached hydrogen (secondary N) is 1. The van der Waals surface area contributed by atoms with E-state index in [0.717, 1.165) is 63.5 Å². The zero-order valence-corrected chi connectivity index (χ0v) is 14.6. The van der Waals surface area contributed by atoms with Gasteiger partial charge in [-0.05, 0) is 45.2 Å². The first kappa shape index (κ1) is 16.4. The second-order valence-electron chi connectivity index (χ2n) is 7.49. The minimum Gasteiger partial charge on any atom is -0.351 e. The molecule has 3 rings (SSSR count). The summed E-state index contributed by atoms with van der Waals surface area (Å²) >= 11 is 0. The van der Waals surface area contributed by atoms with Crippen LogP contribution in [0.25, 0.3) is 0 Å². The molecule has 0 spiro atoms. The van der Waals surface area contributed by atoms with E-state index in [0.29, 0.717) is 5.92 Å². The number of hydrogen-bond acceptors (Lipinski definition) is 4. The quantitative estimate of drug-likeness (QED) is 0.911. The van der Waals surface area contributed by atoms with Crippen molar-refractivity contribution in [2.45, 2.75) is 59.0 Å². The van der Waals surface area contributed by atoms with Gasteiger partial charge in [-0.3, -0.25) is 4.79 Å². The van der Waals surface area contributed by atoms with Crippen LogP contribution in [0.15, 0.2) is 0 Å². The van der Waals surface area contributed by atoms with Crippen molar-refractivity contribution < 1.29 is 4.79 Å². The van der Waals surface area contributed by atoms with E-state index in [2.05, 4.69) is 38.8 Å². The zero-order valence-electron chi connectivity index (χ0n) is 14.6. The Morgan fingerprint density at radius 3 is 2.70 bits per heavy atom. The Labute approximate surface area is 138 Å². The number of aryl methyl sites for hydroxylation is 2. The number of rotatable bonds is 4. The van der Waals surface area contributed by atoms with Crippen molar-refractivity contribution in [1.82, 2.24) is 25.0 Å². The predicted octanol–water partition coefficient (Wildman–Crippen LogP) is 1.39. The molecule has 6 heteroatoms. The number of piperidine rings is 1. The van der Waals surface area contributed by atoms with Crippen LogP contribution < -0.4 is 5.32 Å². The maximum absolute atomic E-state index is 12.6. The highest BCUT2D eigenvalue weighted by Crippen LogP contribution is 2.20. The molecular weight excluding hydrogens is 290 g/mol. The van der Waals surface area contributed by atoms with Gasteiger partial charge in [0.25, 0.3) is 0 Å². The molecular formula is C17H29N5O. The van der Waals surface area contributed by atoms with E-state index in [-0.39, 0.29) is 17.9 Å². The molecule has 0 saturated carbocycles. The monoisotopic (exact) mass is 319 g/mol. The molecule has 1 N–H and O–H groups in total. The van der Waals surface area contributed by atoms with Crippen LogP contribution in [0.2, 0.25) is 0 Å². The third-order valence-corrected chi connectivity index (χ3v) is 5.06. The predicted molar refractivity (Wildman–Crippen MR) is 89.0 cm³/mol. The molecule has 0 bridgehead atoms. The average Bonchev–Trinajstić information content (AvgIpc) is 2.88. The first-order chi connectivity index (χ1) is 11.0. The molecule has 0 aromatic carbocycles. The molecule has 1 aromatic heterocycles. The molecule has 0 radical (unpaired) electrons. The SMILES string of the molecule is Cc1nnc2n1C[C@@H](NC(=O)C1CCN(CC(C)C)CC1)CC2. The van der Waals surface area contributed by atoms with Crippen molar-refractivity contribution in [3.63, 3.8) is 0 Å². The Kier molecular flexibility index (Phi) is 4.99. The van der Waals surface area contributed by atoms with Crippen LogP contribution in [0.5, 0.6) is 0 Å². The van der Waals surface area contributed by atoms with Gasteiger partial charge in [0.05, 0.1) is 0 Å². The largest absolute Gasteiger partial charge is 0.351 e. The minimum atomic E-state index is 0.182. The van der Waals surface area contributed by atoms with Crippen molar-refractivity contribution in [2.75, 3.05) is 19.6 Å². The molecule has 1 saturated heterocycles. The molecule has 23 heavy (non-hydrogen) atoms. The molecule has 1 fully saturated rings. The zero-order chi connectivity index (χ0) is 16.4. The van der Waals surface area contributed by atoms with E-state index in [9.17, 15) is 4.79 Å². The van der Waals surface area contributed by atoms with Gasteiger partial charge in [0, 0.05) is 31.5 Å². The fourth-order valence-electron chi connectivity index (χ4n) is 3.79. The molecule has 6 nitrogen and oxygen atoms in total. The number of fused-ring (bicyclic) bond motifs is 1. The Bertz CT molecular complexity index is 545. The summed E-state index contributed by atoms with van der Waals surface area (Å²) < 4.78 is 2.14. The number of nitrogens with zero attached hydrogens (tertiary/aromatic N) is 4. The molecule has 1 amide bonds. The van der Waals surface area contributed by atoms with Crippen molar-refractivity contribution in [1.29, 1.82) is 0 Å². The second kappa shape index (κ2) is 6.99. The highest BCUT2D eigenvalue weighted by Gasteiger charge is 2.28. The lowest BCUT2D eigenvalue weighted by Crippen LogP contribution is -2.47. The van der Waals surface area contributed by atoms with Crippen LogP contribution in [0.3, 0.4) is 0 Å². The normalized spacial score (nSPS) is 23.0. The van der Waals surface area contributed by atoms with Gasteiger partial charge in [-0.25, -0.2) is 0 Å². The maximum atomic E-state index is 12.6. The molecule has 0 unspecified atom stereocenters. The maximum Gasteiger partial charge on any atom is 0.223 e. The Hall–Kier alpha value is -1.43. The van der Waals surface area contributed by atoms with Gasteiger partial charge in [-0.1, -0.05) is 13.8 Å². The number of likely N-dealkylation sites (tertiary alicyclic amines) is 1. The molecule has 1 aromatic rings. The minimum absolute atomic E-state index is 0.182. The first-order valence-electron chi connectivity index (χ1n) is 8.94. The highest BCUT2D eigenvalue weighted by atomic mass is 16.2. The lowest BCUT2D eigenvalue weighted by Gasteiger charge is -2.33. The van der Waals surface area contributed by atoms with Gasteiger partial charge in [0.15, 0.2) is 0 Å². The summed E-state index contributed by atoms with van der Waals surface area (Å²) in [6.45, 7) is 10.5. The van der Waals surface area contributed by atoms with Gasteiger partial charge < -0.3 is 14.8 Å². The molecule has 128 valence electrons. The van der Waals surface area contributed by atoms with Crippen LogP contribution in [0.1, 0.15) is 44.8 Å². The number of carbonyl (C=O) groups excluding carboxylic acids is 1. The summed E-state index contributed by atoms with van der Waals surface area (Å²) in [5.74, 6) is 3.12. The second-order valence-corrected chi connectivity index (χ2v) is 7.49. The number of carbonyl (C=O) groups is 1. The van der Waals surface area contributed by atoms with E-state index >= 15 is 0 Å². The van der Waals surface area contributed by atoms with Crippen LogP contribution in [-0.4, -0.2) is 51.2 Å². The van der Waals surface area contributed by atoms with Crippen molar-refractivity contribution in [3.8, 4) is 0 Å². The summed E-state index contributed by atoms with van der Waals surface area (Å²) in [5.41, 5.74) is 0. The van der Waals surface area contributed by atoms with E-state index in [1.807, 2.05) is 6.92 Å². The Balaban J connectivity index is 1.48. The number of aromatic nitrogens is 3. The lowest BCUT2D eigenvalue weighted by molar-refractivity contribution is -0.127. The Morgan fingerprint density at radius 2 is 2.00 bits per heavy atom. The highest BCUT2D eigenvalue weighted by molar-refractivity contribution is 5.79. The standard InChI is InChI=1S/C17H29N5O/c1-12(2)10-21-8-6-14(7-9-21)17(23)18-15-4-5-16-20-19-13(3)22(16)11-15/h12,14-15H,4-11H2,1-3H3,(H,18,23)/t15-/m0/s1. The van der Waals surface area contributed by atoms with E-state index < -0.39 is 0 Å². The van der Waals surface area contributed by atoms with Gasteiger partial charge in [-0.15, -0.1) is 10.2 Å². The van der Waals surface area contributed by atoms with Gasteiger partial charge in [0.1, 0.15) is 11.6 Å². The summed E-state index contributed by atoms with van der Waals surface area (Å²) in [6.07, 6.45) is 3.85. The van der Waals surface area contributed by atoms with E-state index in [4.69, 9.17) is 0 Å². The first-order valence-corrected chi connectivity index (χ1v) is 8.94. The molecule has 1 atom stereocenters. The smallest absolute Gasteiger partial charge is 0.223 e. The van der Waals surface area contributed by atoms with Gasteiger partial charge >= 0.3 is 0 Å². The molecule has 0 aliphatic carbocycles. The number of hydrogen-bond donors (Lipinski definition) is 1. The van der Waals surface area contributed by atoms with Gasteiger partial charge in [0.2, 0.25) is 5.91 Å². The third-order valence-electron chi connectivity index (χ3n) is 5.06. The van der Waals surface area contributed by atoms with Crippen molar-refractivity contribution in [2.24, 2.45) is 11.8 Å². The fraction of sp³-hybridized carbons (Fsp3) is 0.824. The van der Waals surface area contributed by atoms with Gasteiger partial charge in [-0.2, -0.15) is 0 Å². The summed E-state index contributed by atoms with van der Waals surface area (Å²) in [7, 11) is 0. The summed E-state index contributed by atoms with van der Waals surface area (Å²) in [4.78, 5) is 15.0. The van der Waals surface area contributed by atoms with Crippen LogP contribution >= 0.6 is 0 Å². The fourth-order valence-corrected chi connectivity index (χ4v) is 3.79. The summed E-state index contributed by atoms with van der Waals surface area (Å²) in [5, 5.41) is 11.6. The average molecular weight is 319 g/mol. The van der Waals surface area contributed by atoms with Crippen LogP contribution in [0.4, 0.5) is 0 Å². The van der Waals surface area contributed by atoms with Crippen LogP contribution in [0, 0.1) is 18.8 Å². The number of amides is 1.